The van der Waals surface area contributed by atoms with Gasteiger partial charge >= 0.3 is 12.0 Å². The number of esters is 1. The summed E-state index contributed by atoms with van der Waals surface area (Å²) in [6.07, 6.45) is 0. The second-order valence-electron chi connectivity index (χ2n) is 6.42. The van der Waals surface area contributed by atoms with Crippen LogP contribution in [0, 0.1) is 11.3 Å². The Hall–Kier alpha value is -2.89. The Kier molecular flexibility index (Phi) is 7.55. The van der Waals surface area contributed by atoms with Crippen molar-refractivity contribution in [3.63, 3.8) is 0 Å². The van der Waals surface area contributed by atoms with E-state index in [2.05, 4.69) is 11.4 Å². The highest BCUT2D eigenvalue weighted by atomic mass is 16.6. The highest BCUT2D eigenvalue weighted by Crippen LogP contribution is 2.32. The van der Waals surface area contributed by atoms with E-state index in [1.54, 1.807) is 38.3 Å². The second kappa shape index (κ2) is 9.88. The van der Waals surface area contributed by atoms with Gasteiger partial charge in [0, 0.05) is 19.9 Å². The number of ether oxygens (including phenoxy) is 3. The molecule has 0 fully saturated rings. The van der Waals surface area contributed by atoms with Gasteiger partial charge in [-0.15, -0.1) is 0 Å². The third-order valence-electron chi connectivity index (χ3n) is 4.49. The summed E-state index contributed by atoms with van der Waals surface area (Å²) in [5, 5.41) is 11.9. The van der Waals surface area contributed by atoms with Crippen molar-refractivity contribution < 1.29 is 23.8 Å². The van der Waals surface area contributed by atoms with E-state index in [-0.39, 0.29) is 25.3 Å². The minimum Gasteiger partial charge on any atom is -0.460 e. The molecule has 0 unspecified atom stereocenters. The highest BCUT2D eigenvalue weighted by molar-refractivity contribution is 5.95. The number of methoxy groups -OCH3 is 2. The minimum atomic E-state index is -0.679. The first-order chi connectivity index (χ1) is 13.4. The van der Waals surface area contributed by atoms with Gasteiger partial charge < -0.3 is 19.5 Å². The standard InChI is InChI=1S/C20H25N3O5/c1-13(12-27-4)23-14(2)17(19(24)28-10-9-26-3)18(22-20(23)25)16-7-5-15(11-21)6-8-16/h5-8,13,18H,9-10,12H2,1-4H3,(H,22,25)/t13-,18+/m1/s1. The van der Waals surface area contributed by atoms with E-state index in [1.165, 1.54) is 12.0 Å². The van der Waals surface area contributed by atoms with Gasteiger partial charge in [-0.1, -0.05) is 12.1 Å². The maximum atomic E-state index is 12.8. The number of rotatable bonds is 8. The van der Waals surface area contributed by atoms with Gasteiger partial charge in [-0.25, -0.2) is 9.59 Å². The number of benzene rings is 1. The first-order valence-corrected chi connectivity index (χ1v) is 8.90. The molecule has 150 valence electrons. The van der Waals surface area contributed by atoms with Crippen LogP contribution in [0.25, 0.3) is 0 Å². The summed E-state index contributed by atoms with van der Waals surface area (Å²) in [6.45, 7) is 4.25. The molecule has 2 atom stereocenters. The quantitative estimate of drug-likeness (QED) is 0.542. The first-order valence-electron chi connectivity index (χ1n) is 8.90. The zero-order valence-corrected chi connectivity index (χ0v) is 16.5. The van der Waals surface area contributed by atoms with Gasteiger partial charge in [0.2, 0.25) is 0 Å². The van der Waals surface area contributed by atoms with Gasteiger partial charge in [0.25, 0.3) is 0 Å². The molecule has 1 aromatic carbocycles. The lowest BCUT2D eigenvalue weighted by atomic mass is 9.94. The van der Waals surface area contributed by atoms with Crippen LogP contribution >= 0.6 is 0 Å². The molecule has 0 radical (unpaired) electrons. The van der Waals surface area contributed by atoms with Crippen LogP contribution in [0.1, 0.15) is 31.0 Å². The number of nitrogens with zero attached hydrogens (tertiary/aromatic N) is 2. The van der Waals surface area contributed by atoms with Crippen molar-refractivity contribution in [2.45, 2.75) is 25.9 Å². The lowest BCUT2D eigenvalue weighted by molar-refractivity contribution is -0.141. The van der Waals surface area contributed by atoms with Crippen LogP contribution in [0.2, 0.25) is 0 Å². The summed E-state index contributed by atoms with van der Waals surface area (Å²) in [6, 6.07) is 7.49. The predicted molar refractivity (Wildman–Crippen MR) is 101 cm³/mol. The molecule has 28 heavy (non-hydrogen) atoms. The van der Waals surface area contributed by atoms with Gasteiger partial charge in [0.1, 0.15) is 6.61 Å². The fourth-order valence-corrected chi connectivity index (χ4v) is 3.16. The van der Waals surface area contributed by atoms with Crippen LogP contribution in [-0.4, -0.2) is 57.0 Å². The minimum absolute atomic E-state index is 0.105. The van der Waals surface area contributed by atoms with Crippen molar-refractivity contribution in [3.8, 4) is 6.07 Å². The number of hydrogen-bond acceptors (Lipinski definition) is 6. The molecule has 0 bridgehead atoms. The average molecular weight is 387 g/mol. The molecule has 8 nitrogen and oxygen atoms in total. The third-order valence-corrected chi connectivity index (χ3v) is 4.49. The lowest BCUT2D eigenvalue weighted by Gasteiger charge is -2.38. The maximum absolute atomic E-state index is 12.8. The topological polar surface area (TPSA) is 101 Å². The number of nitriles is 1. The van der Waals surface area contributed by atoms with Crippen LogP contribution in [0.5, 0.6) is 0 Å². The van der Waals surface area contributed by atoms with Gasteiger partial charge in [0.15, 0.2) is 0 Å². The zero-order chi connectivity index (χ0) is 20.7. The normalized spacial score (nSPS) is 17.8. The molecule has 2 rings (SSSR count). The Balaban J connectivity index is 2.45. The predicted octanol–water partition coefficient (Wildman–Crippen LogP) is 2.12. The smallest absolute Gasteiger partial charge is 0.338 e. The Morgan fingerprint density at radius 3 is 2.50 bits per heavy atom. The fourth-order valence-electron chi connectivity index (χ4n) is 3.16. The second-order valence-corrected chi connectivity index (χ2v) is 6.42. The molecule has 1 aliphatic rings. The van der Waals surface area contributed by atoms with Crippen LogP contribution < -0.4 is 5.32 Å². The summed E-state index contributed by atoms with van der Waals surface area (Å²) in [5.41, 5.74) is 2.02. The Morgan fingerprint density at radius 2 is 1.93 bits per heavy atom. The van der Waals surface area contributed by atoms with Gasteiger partial charge in [-0.05, 0) is 31.5 Å². The number of urea groups is 1. The summed E-state index contributed by atoms with van der Waals surface area (Å²) in [7, 11) is 3.07. The molecule has 0 aromatic heterocycles. The summed E-state index contributed by atoms with van der Waals surface area (Å²) < 4.78 is 15.4. The van der Waals surface area contributed by atoms with E-state index in [1.807, 2.05) is 6.92 Å². The molecule has 0 aliphatic carbocycles. The number of carbonyl (C=O) groups is 2. The van der Waals surface area contributed by atoms with E-state index >= 15 is 0 Å². The Morgan fingerprint density at radius 1 is 1.25 bits per heavy atom. The molecule has 1 aromatic rings. The lowest BCUT2D eigenvalue weighted by Crippen LogP contribution is -2.52. The van der Waals surface area contributed by atoms with Crippen molar-refractivity contribution in [1.82, 2.24) is 10.2 Å². The van der Waals surface area contributed by atoms with Crippen LogP contribution in [0.3, 0.4) is 0 Å². The van der Waals surface area contributed by atoms with Gasteiger partial charge in [-0.3, -0.25) is 4.90 Å². The molecule has 2 amide bonds. The van der Waals surface area contributed by atoms with Crippen LogP contribution in [-0.2, 0) is 19.0 Å². The number of hydrogen-bond donors (Lipinski definition) is 1. The van der Waals surface area contributed by atoms with Crippen molar-refractivity contribution >= 4 is 12.0 Å². The first kappa shape index (κ1) is 21.4. The molecule has 8 heteroatoms. The third kappa shape index (κ3) is 4.68. The summed E-state index contributed by atoms with van der Waals surface area (Å²) in [5.74, 6) is -0.529. The van der Waals surface area contributed by atoms with Crippen LogP contribution in [0.4, 0.5) is 4.79 Å². The molecule has 1 N–H and O–H groups in total. The number of allylic oxidation sites excluding steroid dienone is 1. The fraction of sp³-hybridized carbons (Fsp3) is 0.450. The largest absolute Gasteiger partial charge is 0.460 e. The van der Waals surface area contributed by atoms with E-state index in [0.717, 1.165) is 0 Å². The average Bonchev–Trinajstić information content (AvgIpc) is 2.68. The van der Waals surface area contributed by atoms with Crippen molar-refractivity contribution in [3.05, 3.63) is 46.7 Å². The number of nitrogens with one attached hydrogen (secondary N) is 1. The maximum Gasteiger partial charge on any atom is 0.338 e. The Bertz CT molecular complexity index is 782. The van der Waals surface area contributed by atoms with Gasteiger partial charge in [-0.2, -0.15) is 5.26 Å². The molecule has 1 heterocycles. The molecular weight excluding hydrogens is 362 g/mol. The summed E-state index contributed by atoms with van der Waals surface area (Å²) in [4.78, 5) is 27.1. The van der Waals surface area contributed by atoms with Crippen LogP contribution in [0.15, 0.2) is 35.5 Å². The van der Waals surface area contributed by atoms with E-state index in [4.69, 9.17) is 19.5 Å². The number of carbonyl (C=O) groups excluding carboxylic acids is 2. The van der Waals surface area contributed by atoms with Crippen molar-refractivity contribution in [2.75, 3.05) is 34.0 Å². The molecule has 0 saturated carbocycles. The van der Waals surface area contributed by atoms with E-state index in [0.29, 0.717) is 29.0 Å². The molecule has 1 aliphatic heterocycles. The Labute approximate surface area is 164 Å². The van der Waals surface area contributed by atoms with E-state index in [9.17, 15) is 9.59 Å². The zero-order valence-electron chi connectivity index (χ0n) is 16.5. The monoisotopic (exact) mass is 387 g/mol. The number of amides is 2. The molecule has 0 saturated heterocycles. The summed E-state index contributed by atoms with van der Waals surface area (Å²) >= 11 is 0. The van der Waals surface area contributed by atoms with Gasteiger partial charge in [0.05, 0.1) is 42.5 Å². The molecule has 0 spiro atoms. The van der Waals surface area contributed by atoms with Crippen molar-refractivity contribution in [2.24, 2.45) is 0 Å². The molecular formula is C20H25N3O5. The highest BCUT2D eigenvalue weighted by Gasteiger charge is 2.38. The SMILES string of the molecule is COCCOC(=O)C1=C(C)N([C@H](C)COC)C(=O)N[C@H]1c1ccc(C#N)cc1. The van der Waals surface area contributed by atoms with Crippen molar-refractivity contribution in [1.29, 1.82) is 5.26 Å². The van der Waals surface area contributed by atoms with E-state index < -0.39 is 12.0 Å².